The van der Waals surface area contributed by atoms with Crippen LogP contribution in [0.25, 0.3) is 0 Å². The molecule has 1 aliphatic heterocycles. The Kier molecular flexibility index (Phi) is 3.75. The highest BCUT2D eigenvalue weighted by Gasteiger charge is 2.56. The summed E-state index contributed by atoms with van der Waals surface area (Å²) >= 11 is 0. The fourth-order valence-electron chi connectivity index (χ4n) is 5.05. The van der Waals surface area contributed by atoms with E-state index in [1.54, 1.807) is 13.8 Å². The topological polar surface area (TPSA) is 40.5 Å². The van der Waals surface area contributed by atoms with Gasteiger partial charge in [-0.25, -0.2) is 0 Å². The highest BCUT2D eigenvalue weighted by atomic mass is 19.4. The standard InChI is InChI=1S/C20H24F3NO2/c1-12-3-13(5-16(4-12)20(21,22)23)14-8-19(9-14)10-24(11-19)17(25)15-6-18(2,26)7-15/h3-5,14-15,26H,6-11H2,1-2H3/t15-,18+. The Morgan fingerprint density at radius 3 is 2.31 bits per heavy atom. The van der Waals surface area contributed by atoms with E-state index in [0.29, 0.717) is 31.5 Å². The highest BCUT2D eigenvalue weighted by molar-refractivity contribution is 5.81. The van der Waals surface area contributed by atoms with Gasteiger partial charge in [-0.2, -0.15) is 13.2 Å². The van der Waals surface area contributed by atoms with Crippen molar-refractivity contribution in [1.82, 2.24) is 4.90 Å². The van der Waals surface area contributed by atoms with Gasteiger partial charge in [0.25, 0.3) is 0 Å². The van der Waals surface area contributed by atoms with Crippen LogP contribution in [0.15, 0.2) is 18.2 Å². The van der Waals surface area contributed by atoms with Crippen LogP contribution in [-0.2, 0) is 11.0 Å². The predicted octanol–water partition coefficient (Wildman–Crippen LogP) is 3.88. The minimum atomic E-state index is -4.31. The van der Waals surface area contributed by atoms with Crippen LogP contribution in [0.4, 0.5) is 13.2 Å². The van der Waals surface area contributed by atoms with Gasteiger partial charge in [-0.1, -0.05) is 11.6 Å². The number of carbonyl (C=O) groups is 1. The summed E-state index contributed by atoms with van der Waals surface area (Å²) < 4.78 is 39.0. The third-order valence-electron chi connectivity index (χ3n) is 6.34. The number of alkyl halides is 3. The van der Waals surface area contributed by atoms with Gasteiger partial charge in [0.1, 0.15) is 0 Å². The van der Waals surface area contributed by atoms with Crippen molar-refractivity contribution in [2.24, 2.45) is 11.3 Å². The lowest BCUT2D eigenvalue weighted by Crippen LogP contribution is -2.65. The quantitative estimate of drug-likeness (QED) is 0.862. The number of hydrogen-bond acceptors (Lipinski definition) is 2. The van der Waals surface area contributed by atoms with Crippen LogP contribution in [0.5, 0.6) is 0 Å². The summed E-state index contributed by atoms with van der Waals surface area (Å²) in [6.45, 7) is 4.87. The summed E-state index contributed by atoms with van der Waals surface area (Å²) in [7, 11) is 0. The number of nitrogens with zero attached hydrogens (tertiary/aromatic N) is 1. The summed E-state index contributed by atoms with van der Waals surface area (Å²) in [5.41, 5.74) is 0.220. The zero-order valence-electron chi connectivity index (χ0n) is 15.1. The molecule has 0 atom stereocenters. The van der Waals surface area contributed by atoms with E-state index in [1.807, 2.05) is 11.0 Å². The molecule has 2 aliphatic carbocycles. The molecule has 0 bridgehead atoms. The molecular weight excluding hydrogens is 343 g/mol. The van der Waals surface area contributed by atoms with Gasteiger partial charge in [0, 0.05) is 24.4 Å². The number of benzene rings is 1. The number of amides is 1. The van der Waals surface area contributed by atoms with Crippen molar-refractivity contribution >= 4 is 5.91 Å². The molecule has 4 rings (SSSR count). The summed E-state index contributed by atoms with van der Waals surface area (Å²) in [6, 6.07) is 4.32. The van der Waals surface area contributed by atoms with Crippen molar-refractivity contribution in [3.63, 3.8) is 0 Å². The maximum absolute atomic E-state index is 13.0. The van der Waals surface area contributed by atoms with Gasteiger partial charge in [0.2, 0.25) is 5.91 Å². The van der Waals surface area contributed by atoms with Gasteiger partial charge in [-0.05, 0) is 63.1 Å². The normalized spacial score (nSPS) is 30.5. The Morgan fingerprint density at radius 1 is 1.15 bits per heavy atom. The predicted molar refractivity (Wildman–Crippen MR) is 90.5 cm³/mol. The maximum atomic E-state index is 13.0. The molecule has 6 heteroatoms. The number of aryl methyl sites for hydroxylation is 1. The molecule has 2 saturated carbocycles. The molecule has 1 aromatic rings. The van der Waals surface area contributed by atoms with Gasteiger partial charge in [0.05, 0.1) is 11.2 Å². The molecule has 3 aliphatic rings. The van der Waals surface area contributed by atoms with Crippen molar-refractivity contribution in [2.45, 2.75) is 57.2 Å². The minimum absolute atomic E-state index is 0.0654. The smallest absolute Gasteiger partial charge is 0.390 e. The van der Waals surface area contributed by atoms with Crippen molar-refractivity contribution in [2.75, 3.05) is 13.1 Å². The largest absolute Gasteiger partial charge is 0.416 e. The Labute approximate surface area is 151 Å². The molecular formula is C20H24F3NO2. The van der Waals surface area contributed by atoms with E-state index in [2.05, 4.69) is 0 Å². The van der Waals surface area contributed by atoms with E-state index in [-0.39, 0.29) is 23.2 Å². The third kappa shape index (κ3) is 3.02. The zero-order valence-corrected chi connectivity index (χ0v) is 15.1. The van der Waals surface area contributed by atoms with Gasteiger partial charge >= 0.3 is 6.18 Å². The second-order valence-corrected chi connectivity index (χ2v) is 9.03. The SMILES string of the molecule is Cc1cc(C2CC3(C2)CN(C(=O)[C@H]2C[C@@](C)(O)C2)C3)cc(C(F)(F)F)c1. The fourth-order valence-corrected chi connectivity index (χ4v) is 5.05. The molecule has 1 spiro atoms. The van der Waals surface area contributed by atoms with E-state index in [0.717, 1.165) is 18.4 Å². The summed E-state index contributed by atoms with van der Waals surface area (Å²) in [6.07, 6.45) is -1.56. The van der Waals surface area contributed by atoms with Crippen molar-refractivity contribution in [3.8, 4) is 0 Å². The minimum Gasteiger partial charge on any atom is -0.390 e. The van der Waals surface area contributed by atoms with E-state index in [4.69, 9.17) is 0 Å². The van der Waals surface area contributed by atoms with Crippen LogP contribution in [0.1, 0.15) is 55.2 Å². The molecule has 1 saturated heterocycles. The first kappa shape index (κ1) is 17.8. The van der Waals surface area contributed by atoms with Gasteiger partial charge < -0.3 is 10.0 Å². The molecule has 0 unspecified atom stereocenters. The number of carbonyl (C=O) groups excluding carboxylic acids is 1. The number of likely N-dealkylation sites (tertiary alicyclic amines) is 1. The van der Waals surface area contributed by atoms with Crippen LogP contribution in [0.2, 0.25) is 0 Å². The number of halogens is 3. The summed E-state index contributed by atoms with van der Waals surface area (Å²) in [4.78, 5) is 14.2. The monoisotopic (exact) mass is 367 g/mol. The van der Waals surface area contributed by atoms with Crippen LogP contribution >= 0.6 is 0 Å². The first-order valence-electron chi connectivity index (χ1n) is 9.16. The molecule has 1 amide bonds. The zero-order chi connectivity index (χ0) is 18.9. The summed E-state index contributed by atoms with van der Waals surface area (Å²) in [5.74, 6) is 0.211. The number of aliphatic hydroxyl groups is 1. The second-order valence-electron chi connectivity index (χ2n) is 9.03. The molecule has 142 valence electrons. The highest BCUT2D eigenvalue weighted by Crippen LogP contribution is 2.57. The van der Waals surface area contributed by atoms with E-state index < -0.39 is 17.3 Å². The molecule has 1 N–H and O–H groups in total. The number of hydrogen-bond donors (Lipinski definition) is 1. The van der Waals surface area contributed by atoms with Crippen LogP contribution in [-0.4, -0.2) is 34.6 Å². The van der Waals surface area contributed by atoms with Crippen LogP contribution in [0, 0.1) is 18.3 Å². The van der Waals surface area contributed by atoms with Gasteiger partial charge in [-0.15, -0.1) is 0 Å². The molecule has 0 radical (unpaired) electrons. The second kappa shape index (κ2) is 5.47. The van der Waals surface area contributed by atoms with E-state index in [1.165, 1.54) is 12.1 Å². The molecule has 1 heterocycles. The van der Waals surface area contributed by atoms with E-state index >= 15 is 0 Å². The lowest BCUT2D eigenvalue weighted by molar-refractivity contribution is -0.168. The lowest BCUT2D eigenvalue weighted by atomic mass is 9.55. The van der Waals surface area contributed by atoms with Crippen molar-refractivity contribution < 1.29 is 23.1 Å². The molecule has 3 nitrogen and oxygen atoms in total. The van der Waals surface area contributed by atoms with Crippen molar-refractivity contribution in [1.29, 1.82) is 0 Å². The maximum Gasteiger partial charge on any atom is 0.416 e. The first-order chi connectivity index (χ1) is 12.0. The Bertz CT molecular complexity index is 734. The van der Waals surface area contributed by atoms with Gasteiger partial charge in [-0.3, -0.25) is 4.79 Å². The summed E-state index contributed by atoms with van der Waals surface area (Å²) in [5, 5.41) is 9.78. The molecule has 26 heavy (non-hydrogen) atoms. The third-order valence-corrected chi connectivity index (χ3v) is 6.34. The Hall–Kier alpha value is -1.56. The number of rotatable bonds is 2. The van der Waals surface area contributed by atoms with Crippen LogP contribution < -0.4 is 0 Å². The Balaban J connectivity index is 1.34. The van der Waals surface area contributed by atoms with Gasteiger partial charge in [0.15, 0.2) is 0 Å². The van der Waals surface area contributed by atoms with Crippen molar-refractivity contribution in [3.05, 3.63) is 34.9 Å². The molecule has 1 aromatic carbocycles. The average Bonchev–Trinajstić information content (AvgIpc) is 2.39. The van der Waals surface area contributed by atoms with E-state index in [9.17, 15) is 23.1 Å². The molecule has 0 aromatic heterocycles. The lowest BCUT2D eigenvalue weighted by Gasteiger charge is -2.60. The fraction of sp³-hybridized carbons (Fsp3) is 0.650. The average molecular weight is 367 g/mol. The first-order valence-corrected chi connectivity index (χ1v) is 9.16. The van der Waals surface area contributed by atoms with Crippen LogP contribution in [0.3, 0.4) is 0 Å². The molecule has 3 fully saturated rings. The Morgan fingerprint density at radius 2 is 1.77 bits per heavy atom.